The maximum atomic E-state index is 12.9. The van der Waals surface area contributed by atoms with Crippen LogP contribution in [0.3, 0.4) is 0 Å². The minimum Gasteiger partial charge on any atom is -0.285 e. The third-order valence-electron chi connectivity index (χ3n) is 2.20. The van der Waals surface area contributed by atoms with Gasteiger partial charge in [-0.05, 0) is 17.7 Å². The molecule has 2 rings (SSSR count). The van der Waals surface area contributed by atoms with Gasteiger partial charge in [-0.1, -0.05) is 17.7 Å². The van der Waals surface area contributed by atoms with Gasteiger partial charge in [0.1, 0.15) is 12.1 Å². The molecule has 4 nitrogen and oxygen atoms in total. The van der Waals surface area contributed by atoms with Crippen LogP contribution >= 0.6 is 11.6 Å². The van der Waals surface area contributed by atoms with Gasteiger partial charge in [0.05, 0.1) is 11.6 Å². The van der Waals surface area contributed by atoms with Crippen LogP contribution in [0.1, 0.15) is 5.56 Å². The zero-order valence-electron chi connectivity index (χ0n) is 8.52. The normalized spacial score (nSPS) is 10.7. The number of benzene rings is 1. The first-order valence-electron chi connectivity index (χ1n) is 4.60. The molecule has 0 saturated heterocycles. The van der Waals surface area contributed by atoms with Gasteiger partial charge in [0.15, 0.2) is 0 Å². The van der Waals surface area contributed by atoms with Gasteiger partial charge in [-0.2, -0.15) is 5.10 Å². The zero-order chi connectivity index (χ0) is 11.7. The fraction of sp³-hybridized carbons (Fsp3) is 0.200. The minimum atomic E-state index is -0.473. The Labute approximate surface area is 95.9 Å². The third kappa shape index (κ3) is 1.99. The molecule has 0 aliphatic carbocycles. The number of hydrogen-bond acceptors (Lipinski definition) is 2. The SMILES string of the molecule is Cn1cnn(Cc2ccc(F)c(Cl)c2)c1=O. The number of aromatic nitrogens is 3. The van der Waals surface area contributed by atoms with Crippen LogP contribution in [0.25, 0.3) is 0 Å². The van der Waals surface area contributed by atoms with Gasteiger partial charge in [-0.15, -0.1) is 0 Å². The number of hydrogen-bond donors (Lipinski definition) is 0. The predicted octanol–water partition coefficient (Wildman–Crippen LogP) is 1.42. The average molecular weight is 242 g/mol. The van der Waals surface area contributed by atoms with Gasteiger partial charge in [-0.3, -0.25) is 4.57 Å². The van der Waals surface area contributed by atoms with Gasteiger partial charge in [0.25, 0.3) is 0 Å². The minimum absolute atomic E-state index is 0.0430. The lowest BCUT2D eigenvalue weighted by atomic mass is 10.2. The number of nitrogens with zero attached hydrogens (tertiary/aromatic N) is 3. The van der Waals surface area contributed by atoms with Crippen LogP contribution in [0, 0.1) is 5.82 Å². The Kier molecular flexibility index (Phi) is 2.78. The van der Waals surface area contributed by atoms with Crippen LogP contribution in [-0.4, -0.2) is 14.3 Å². The highest BCUT2D eigenvalue weighted by Gasteiger charge is 2.05. The maximum Gasteiger partial charge on any atom is 0.345 e. The smallest absolute Gasteiger partial charge is 0.285 e. The van der Waals surface area contributed by atoms with Gasteiger partial charge >= 0.3 is 5.69 Å². The first-order chi connectivity index (χ1) is 7.58. The molecule has 2 aromatic rings. The van der Waals surface area contributed by atoms with Crippen molar-refractivity contribution in [2.24, 2.45) is 7.05 Å². The summed E-state index contributed by atoms with van der Waals surface area (Å²) in [5, 5.41) is 3.94. The molecule has 6 heteroatoms. The van der Waals surface area contributed by atoms with Crippen LogP contribution in [0.4, 0.5) is 4.39 Å². The number of halogens is 2. The second-order valence-corrected chi connectivity index (χ2v) is 3.84. The fourth-order valence-electron chi connectivity index (χ4n) is 1.34. The standard InChI is InChI=1S/C10H9ClFN3O/c1-14-6-13-15(10(14)16)5-7-2-3-9(12)8(11)4-7/h2-4,6H,5H2,1H3. The fourth-order valence-corrected chi connectivity index (χ4v) is 1.54. The van der Waals surface area contributed by atoms with Crippen LogP contribution in [-0.2, 0) is 13.6 Å². The van der Waals surface area contributed by atoms with E-state index in [1.165, 1.54) is 27.7 Å². The molecule has 0 saturated carbocycles. The molecular formula is C10H9ClFN3O. The Bertz CT molecular complexity index is 576. The molecule has 1 aromatic heterocycles. The molecule has 0 amide bonds. The molecule has 0 bridgehead atoms. The van der Waals surface area contributed by atoms with E-state index in [0.29, 0.717) is 0 Å². The predicted molar refractivity (Wildman–Crippen MR) is 58.0 cm³/mol. The zero-order valence-corrected chi connectivity index (χ0v) is 9.28. The van der Waals surface area contributed by atoms with Gasteiger partial charge < -0.3 is 0 Å². The van der Waals surface area contributed by atoms with Crippen LogP contribution in [0.2, 0.25) is 5.02 Å². The highest BCUT2D eigenvalue weighted by Crippen LogP contribution is 2.16. The third-order valence-corrected chi connectivity index (χ3v) is 2.49. The molecule has 16 heavy (non-hydrogen) atoms. The van der Waals surface area contributed by atoms with Gasteiger partial charge in [0.2, 0.25) is 0 Å². The van der Waals surface area contributed by atoms with Crippen molar-refractivity contribution in [2.45, 2.75) is 6.54 Å². The molecule has 0 unspecified atom stereocenters. The van der Waals surface area contributed by atoms with E-state index in [-0.39, 0.29) is 17.3 Å². The summed E-state index contributed by atoms with van der Waals surface area (Å²) in [5.74, 6) is -0.473. The van der Waals surface area contributed by atoms with E-state index in [4.69, 9.17) is 11.6 Å². The molecule has 84 valence electrons. The molecule has 0 radical (unpaired) electrons. The average Bonchev–Trinajstić information content (AvgIpc) is 2.55. The molecule has 0 fully saturated rings. The van der Waals surface area contributed by atoms with Crippen molar-refractivity contribution in [2.75, 3.05) is 0 Å². The first-order valence-corrected chi connectivity index (χ1v) is 4.98. The van der Waals surface area contributed by atoms with E-state index in [2.05, 4.69) is 5.10 Å². The summed E-state index contributed by atoms with van der Waals surface area (Å²) in [5.41, 5.74) is 0.507. The topological polar surface area (TPSA) is 39.8 Å². The second-order valence-electron chi connectivity index (χ2n) is 3.43. The van der Waals surface area contributed by atoms with Crippen molar-refractivity contribution in [3.05, 3.63) is 51.4 Å². The number of aryl methyl sites for hydroxylation is 1. The summed E-state index contributed by atoms with van der Waals surface area (Å²) in [7, 11) is 1.61. The monoisotopic (exact) mass is 241 g/mol. The number of rotatable bonds is 2. The van der Waals surface area contributed by atoms with E-state index < -0.39 is 5.82 Å². The Morgan fingerprint density at radius 1 is 1.50 bits per heavy atom. The van der Waals surface area contributed by atoms with Crippen LogP contribution < -0.4 is 5.69 Å². The molecule has 0 spiro atoms. The first kappa shape index (κ1) is 10.9. The summed E-state index contributed by atoms with van der Waals surface area (Å²) in [6, 6.07) is 4.33. The molecule has 0 N–H and O–H groups in total. The summed E-state index contributed by atoms with van der Waals surface area (Å²) >= 11 is 5.64. The van der Waals surface area contributed by atoms with Crippen molar-refractivity contribution >= 4 is 11.6 Å². The molecule has 1 heterocycles. The Hall–Kier alpha value is -1.62. The lowest BCUT2D eigenvalue weighted by Crippen LogP contribution is -2.23. The Morgan fingerprint density at radius 3 is 2.81 bits per heavy atom. The van der Waals surface area contributed by atoms with Crippen molar-refractivity contribution in [1.29, 1.82) is 0 Å². The molecule has 0 atom stereocenters. The Morgan fingerprint density at radius 2 is 2.25 bits per heavy atom. The van der Waals surface area contributed by atoms with E-state index in [1.807, 2.05) is 0 Å². The van der Waals surface area contributed by atoms with Gasteiger partial charge in [0, 0.05) is 7.05 Å². The quantitative estimate of drug-likeness (QED) is 0.798. The lowest BCUT2D eigenvalue weighted by Gasteiger charge is -2.01. The highest BCUT2D eigenvalue weighted by atomic mass is 35.5. The highest BCUT2D eigenvalue weighted by molar-refractivity contribution is 6.30. The summed E-state index contributed by atoms with van der Waals surface area (Å²) in [6.45, 7) is 0.277. The molecule has 0 aliphatic rings. The Balaban J connectivity index is 2.31. The van der Waals surface area contributed by atoms with Crippen molar-refractivity contribution in [1.82, 2.24) is 14.3 Å². The molecule has 0 aliphatic heterocycles. The van der Waals surface area contributed by atoms with E-state index in [1.54, 1.807) is 13.1 Å². The van der Waals surface area contributed by atoms with Crippen molar-refractivity contribution in [3.63, 3.8) is 0 Å². The van der Waals surface area contributed by atoms with E-state index >= 15 is 0 Å². The maximum absolute atomic E-state index is 12.9. The van der Waals surface area contributed by atoms with E-state index in [9.17, 15) is 9.18 Å². The second kappa shape index (κ2) is 4.09. The molecular weight excluding hydrogens is 233 g/mol. The lowest BCUT2D eigenvalue weighted by molar-refractivity contribution is 0.621. The molecule has 1 aromatic carbocycles. The van der Waals surface area contributed by atoms with Gasteiger partial charge in [-0.25, -0.2) is 13.9 Å². The van der Waals surface area contributed by atoms with Crippen molar-refractivity contribution < 1.29 is 4.39 Å². The summed E-state index contributed by atoms with van der Waals surface area (Å²) < 4.78 is 15.5. The van der Waals surface area contributed by atoms with Crippen molar-refractivity contribution in [3.8, 4) is 0 Å². The largest absolute Gasteiger partial charge is 0.345 e. The van der Waals surface area contributed by atoms with E-state index in [0.717, 1.165) is 5.56 Å². The summed E-state index contributed by atoms with van der Waals surface area (Å²) in [4.78, 5) is 11.5. The van der Waals surface area contributed by atoms with Crippen LogP contribution in [0.15, 0.2) is 29.3 Å². The van der Waals surface area contributed by atoms with Crippen LogP contribution in [0.5, 0.6) is 0 Å². The summed E-state index contributed by atoms with van der Waals surface area (Å²) in [6.07, 6.45) is 1.42.